The summed E-state index contributed by atoms with van der Waals surface area (Å²) in [6.07, 6.45) is 1.45. The van der Waals surface area contributed by atoms with Crippen LogP contribution < -0.4 is 10.6 Å². The highest BCUT2D eigenvalue weighted by atomic mass is 35.5. The first-order valence-corrected chi connectivity index (χ1v) is 7.89. The molecule has 0 heterocycles. The van der Waals surface area contributed by atoms with Gasteiger partial charge in [0.25, 0.3) is 0 Å². The van der Waals surface area contributed by atoms with Crippen LogP contribution in [0.4, 0.5) is 5.69 Å². The van der Waals surface area contributed by atoms with E-state index in [0.717, 1.165) is 29.2 Å². The van der Waals surface area contributed by atoms with E-state index in [0.29, 0.717) is 13.0 Å². The third-order valence-electron chi connectivity index (χ3n) is 3.42. The van der Waals surface area contributed by atoms with Crippen molar-refractivity contribution >= 4 is 23.2 Å². The van der Waals surface area contributed by atoms with Crippen LogP contribution in [0.2, 0.25) is 5.02 Å². The SMILES string of the molecule is CCc1ccc(NC(=O)CCNCc2ccc(Cl)cc2)cc1. The molecule has 2 N–H and O–H groups in total. The van der Waals surface area contributed by atoms with Crippen LogP contribution in [0.25, 0.3) is 0 Å². The first-order chi connectivity index (χ1) is 10.7. The second-order valence-electron chi connectivity index (χ2n) is 5.15. The molecule has 3 nitrogen and oxygen atoms in total. The van der Waals surface area contributed by atoms with Gasteiger partial charge in [-0.05, 0) is 41.8 Å². The fraction of sp³-hybridized carbons (Fsp3) is 0.278. The van der Waals surface area contributed by atoms with Gasteiger partial charge in [-0.25, -0.2) is 0 Å². The second kappa shape index (κ2) is 8.57. The maximum absolute atomic E-state index is 11.9. The Morgan fingerprint density at radius 2 is 1.64 bits per heavy atom. The monoisotopic (exact) mass is 316 g/mol. The summed E-state index contributed by atoms with van der Waals surface area (Å²) in [5.41, 5.74) is 3.27. The van der Waals surface area contributed by atoms with E-state index in [-0.39, 0.29) is 5.91 Å². The quantitative estimate of drug-likeness (QED) is 0.757. The van der Waals surface area contributed by atoms with Crippen molar-refractivity contribution in [2.45, 2.75) is 26.3 Å². The molecule has 0 saturated heterocycles. The van der Waals surface area contributed by atoms with Crippen molar-refractivity contribution in [3.05, 3.63) is 64.7 Å². The molecule has 22 heavy (non-hydrogen) atoms. The standard InChI is InChI=1S/C18H21ClN2O/c1-2-14-5-9-17(10-6-14)21-18(22)11-12-20-13-15-3-7-16(19)8-4-15/h3-10,20H,2,11-13H2,1H3,(H,21,22). The largest absolute Gasteiger partial charge is 0.326 e. The van der Waals surface area contributed by atoms with Crippen LogP contribution in [-0.2, 0) is 17.8 Å². The van der Waals surface area contributed by atoms with Gasteiger partial charge in [0.15, 0.2) is 0 Å². The highest BCUT2D eigenvalue weighted by Gasteiger charge is 2.02. The number of aryl methyl sites for hydroxylation is 1. The molecule has 0 unspecified atom stereocenters. The van der Waals surface area contributed by atoms with E-state index in [1.165, 1.54) is 5.56 Å². The van der Waals surface area contributed by atoms with Gasteiger partial charge in [0.05, 0.1) is 0 Å². The normalized spacial score (nSPS) is 10.5. The van der Waals surface area contributed by atoms with Crippen molar-refractivity contribution in [1.82, 2.24) is 5.32 Å². The molecule has 116 valence electrons. The predicted molar refractivity (Wildman–Crippen MR) is 92.2 cm³/mol. The van der Waals surface area contributed by atoms with Gasteiger partial charge in [-0.2, -0.15) is 0 Å². The summed E-state index contributed by atoms with van der Waals surface area (Å²) < 4.78 is 0. The number of amides is 1. The van der Waals surface area contributed by atoms with Crippen LogP contribution in [0.5, 0.6) is 0 Å². The lowest BCUT2D eigenvalue weighted by molar-refractivity contribution is -0.116. The number of carbonyl (C=O) groups is 1. The lowest BCUT2D eigenvalue weighted by Gasteiger charge is -2.07. The van der Waals surface area contributed by atoms with Crippen LogP contribution in [0.15, 0.2) is 48.5 Å². The molecular weight excluding hydrogens is 296 g/mol. The molecule has 0 bridgehead atoms. The Balaban J connectivity index is 1.67. The summed E-state index contributed by atoms with van der Waals surface area (Å²) in [7, 11) is 0. The summed E-state index contributed by atoms with van der Waals surface area (Å²) in [6.45, 7) is 3.48. The van der Waals surface area contributed by atoms with E-state index < -0.39 is 0 Å². The van der Waals surface area contributed by atoms with Gasteiger partial charge in [0, 0.05) is 30.2 Å². The molecule has 2 rings (SSSR count). The molecule has 1 amide bonds. The number of anilines is 1. The minimum Gasteiger partial charge on any atom is -0.326 e. The predicted octanol–water partition coefficient (Wildman–Crippen LogP) is 4.02. The Hall–Kier alpha value is -1.84. The molecule has 0 saturated carbocycles. The Kier molecular flexibility index (Phi) is 6.44. The zero-order valence-corrected chi connectivity index (χ0v) is 13.5. The minimum atomic E-state index is 0.0212. The van der Waals surface area contributed by atoms with Gasteiger partial charge in [-0.15, -0.1) is 0 Å². The Bertz CT molecular complexity index is 593. The molecule has 0 fully saturated rings. The molecule has 0 radical (unpaired) electrons. The van der Waals surface area contributed by atoms with Gasteiger partial charge < -0.3 is 10.6 Å². The average molecular weight is 317 g/mol. The van der Waals surface area contributed by atoms with Gasteiger partial charge in [0.2, 0.25) is 5.91 Å². The van der Waals surface area contributed by atoms with Gasteiger partial charge in [0.1, 0.15) is 0 Å². The topological polar surface area (TPSA) is 41.1 Å². The number of halogens is 1. The third kappa shape index (κ3) is 5.51. The van der Waals surface area contributed by atoms with Crippen molar-refractivity contribution in [2.24, 2.45) is 0 Å². The Morgan fingerprint density at radius 3 is 2.27 bits per heavy atom. The van der Waals surface area contributed by atoms with Crippen molar-refractivity contribution in [3.8, 4) is 0 Å². The number of benzene rings is 2. The first kappa shape index (κ1) is 16.5. The summed E-state index contributed by atoms with van der Waals surface area (Å²) in [5.74, 6) is 0.0212. The molecule has 4 heteroatoms. The van der Waals surface area contributed by atoms with Crippen molar-refractivity contribution in [3.63, 3.8) is 0 Å². The molecule has 0 aliphatic rings. The van der Waals surface area contributed by atoms with Crippen molar-refractivity contribution < 1.29 is 4.79 Å². The highest BCUT2D eigenvalue weighted by Crippen LogP contribution is 2.10. The lowest BCUT2D eigenvalue weighted by Crippen LogP contribution is -2.21. The molecule has 0 aliphatic heterocycles. The van der Waals surface area contributed by atoms with E-state index >= 15 is 0 Å². The number of carbonyl (C=O) groups excluding carboxylic acids is 1. The van der Waals surface area contributed by atoms with E-state index in [1.807, 2.05) is 48.5 Å². The Morgan fingerprint density at radius 1 is 1.00 bits per heavy atom. The smallest absolute Gasteiger partial charge is 0.225 e. The maximum Gasteiger partial charge on any atom is 0.225 e. The van der Waals surface area contributed by atoms with E-state index in [9.17, 15) is 4.79 Å². The molecule has 0 spiro atoms. The molecule has 0 aliphatic carbocycles. The maximum atomic E-state index is 11.9. The van der Waals surface area contributed by atoms with Gasteiger partial charge in [-0.1, -0.05) is 42.8 Å². The zero-order valence-electron chi connectivity index (χ0n) is 12.7. The number of rotatable bonds is 7. The summed E-state index contributed by atoms with van der Waals surface area (Å²) >= 11 is 5.84. The number of hydrogen-bond donors (Lipinski definition) is 2. The molecular formula is C18H21ClN2O. The minimum absolute atomic E-state index is 0.0212. The van der Waals surface area contributed by atoms with E-state index in [1.54, 1.807) is 0 Å². The fourth-order valence-electron chi connectivity index (χ4n) is 2.08. The van der Waals surface area contributed by atoms with Crippen LogP contribution in [0, 0.1) is 0 Å². The van der Waals surface area contributed by atoms with Gasteiger partial charge >= 0.3 is 0 Å². The van der Waals surface area contributed by atoms with Gasteiger partial charge in [-0.3, -0.25) is 4.79 Å². The zero-order chi connectivity index (χ0) is 15.8. The van der Waals surface area contributed by atoms with E-state index in [4.69, 9.17) is 11.6 Å². The third-order valence-corrected chi connectivity index (χ3v) is 3.67. The first-order valence-electron chi connectivity index (χ1n) is 7.51. The second-order valence-corrected chi connectivity index (χ2v) is 5.59. The number of hydrogen-bond acceptors (Lipinski definition) is 2. The summed E-state index contributed by atoms with van der Waals surface area (Å²) in [5, 5.41) is 6.89. The van der Waals surface area contributed by atoms with Crippen LogP contribution >= 0.6 is 11.6 Å². The Labute approximate surface area is 136 Å². The van der Waals surface area contributed by atoms with Crippen molar-refractivity contribution in [2.75, 3.05) is 11.9 Å². The molecule has 0 atom stereocenters. The molecule has 2 aromatic rings. The summed E-state index contributed by atoms with van der Waals surface area (Å²) in [4.78, 5) is 11.9. The molecule has 0 aromatic heterocycles. The average Bonchev–Trinajstić information content (AvgIpc) is 2.54. The fourth-order valence-corrected chi connectivity index (χ4v) is 2.21. The van der Waals surface area contributed by atoms with Crippen molar-refractivity contribution in [1.29, 1.82) is 0 Å². The highest BCUT2D eigenvalue weighted by molar-refractivity contribution is 6.30. The summed E-state index contributed by atoms with van der Waals surface area (Å²) in [6, 6.07) is 15.6. The van der Waals surface area contributed by atoms with E-state index in [2.05, 4.69) is 17.6 Å². The van der Waals surface area contributed by atoms with Crippen LogP contribution in [-0.4, -0.2) is 12.5 Å². The van der Waals surface area contributed by atoms with Crippen LogP contribution in [0.3, 0.4) is 0 Å². The van der Waals surface area contributed by atoms with Crippen LogP contribution in [0.1, 0.15) is 24.5 Å². The number of nitrogens with one attached hydrogen (secondary N) is 2. The lowest BCUT2D eigenvalue weighted by atomic mass is 10.1. The molecule has 2 aromatic carbocycles.